The lowest BCUT2D eigenvalue weighted by molar-refractivity contribution is -0.134. The molecule has 0 unspecified atom stereocenters. The second-order valence-corrected chi connectivity index (χ2v) is 8.38. The van der Waals surface area contributed by atoms with Crippen LogP contribution in [0.5, 0.6) is 0 Å². The molecule has 29 heavy (non-hydrogen) atoms. The summed E-state index contributed by atoms with van der Waals surface area (Å²) in [6.45, 7) is 3.25. The van der Waals surface area contributed by atoms with Crippen molar-refractivity contribution in [3.63, 3.8) is 0 Å². The van der Waals surface area contributed by atoms with E-state index in [2.05, 4.69) is 15.3 Å². The van der Waals surface area contributed by atoms with Crippen LogP contribution in [-0.4, -0.2) is 39.8 Å². The van der Waals surface area contributed by atoms with Gasteiger partial charge >= 0.3 is 0 Å². The van der Waals surface area contributed by atoms with Crippen molar-refractivity contribution in [1.82, 2.24) is 14.9 Å². The summed E-state index contributed by atoms with van der Waals surface area (Å²) in [5.74, 6) is 1.09. The fourth-order valence-electron chi connectivity index (χ4n) is 4.24. The van der Waals surface area contributed by atoms with Crippen LogP contribution >= 0.6 is 11.6 Å². The summed E-state index contributed by atoms with van der Waals surface area (Å²) in [5, 5.41) is 3.45. The van der Waals surface area contributed by atoms with Crippen LogP contribution in [0.2, 0.25) is 5.02 Å². The highest BCUT2D eigenvalue weighted by Gasteiger charge is 2.34. The van der Waals surface area contributed by atoms with Gasteiger partial charge in [0, 0.05) is 41.8 Å². The molecular formula is C22H25ClN4O2. The number of amides is 2. The first-order valence-corrected chi connectivity index (χ1v) is 10.6. The van der Waals surface area contributed by atoms with Gasteiger partial charge < -0.3 is 10.2 Å². The van der Waals surface area contributed by atoms with Crippen molar-refractivity contribution in [3.05, 3.63) is 52.6 Å². The second-order valence-electron chi connectivity index (χ2n) is 7.94. The monoisotopic (exact) mass is 412 g/mol. The van der Waals surface area contributed by atoms with Crippen molar-refractivity contribution in [3.8, 4) is 0 Å². The lowest BCUT2D eigenvalue weighted by Crippen LogP contribution is -2.33. The molecule has 2 aromatic rings. The summed E-state index contributed by atoms with van der Waals surface area (Å²) in [5.41, 5.74) is 1.75. The van der Waals surface area contributed by atoms with E-state index in [0.29, 0.717) is 40.2 Å². The van der Waals surface area contributed by atoms with Crippen LogP contribution in [0, 0.1) is 12.8 Å². The molecule has 0 bridgehead atoms. The van der Waals surface area contributed by atoms with Gasteiger partial charge in [-0.15, -0.1) is 0 Å². The van der Waals surface area contributed by atoms with E-state index in [1.807, 2.05) is 11.8 Å². The van der Waals surface area contributed by atoms with E-state index in [9.17, 15) is 9.59 Å². The quantitative estimate of drug-likeness (QED) is 0.816. The third-order valence-electron chi connectivity index (χ3n) is 5.91. The van der Waals surface area contributed by atoms with Crippen LogP contribution in [0.4, 0.5) is 5.69 Å². The van der Waals surface area contributed by atoms with Crippen LogP contribution in [0.1, 0.15) is 59.9 Å². The normalized spacial score (nSPS) is 19.5. The summed E-state index contributed by atoms with van der Waals surface area (Å²) in [4.78, 5) is 36.2. The average molecular weight is 413 g/mol. The summed E-state index contributed by atoms with van der Waals surface area (Å²) in [6.07, 6.45) is 6.82. The number of halogens is 1. The minimum atomic E-state index is -0.249. The van der Waals surface area contributed by atoms with E-state index in [1.54, 1.807) is 30.5 Å². The van der Waals surface area contributed by atoms with Gasteiger partial charge in [-0.1, -0.05) is 24.4 Å². The Labute approximate surface area is 175 Å². The number of aromatic nitrogens is 2. The van der Waals surface area contributed by atoms with Crippen LogP contribution in [-0.2, 0) is 4.79 Å². The average Bonchev–Trinajstić information content (AvgIpc) is 3.41. The Kier molecular flexibility index (Phi) is 5.81. The zero-order valence-corrected chi connectivity index (χ0v) is 17.3. The molecule has 6 nitrogen and oxygen atoms in total. The van der Waals surface area contributed by atoms with Crippen LogP contribution in [0.15, 0.2) is 30.5 Å². The van der Waals surface area contributed by atoms with E-state index in [-0.39, 0.29) is 17.7 Å². The fourth-order valence-corrected chi connectivity index (χ4v) is 4.36. The predicted octanol–water partition coefficient (Wildman–Crippen LogP) is 4.20. The molecule has 1 aliphatic carbocycles. The number of benzene rings is 1. The minimum absolute atomic E-state index is 0.132. The smallest absolute Gasteiger partial charge is 0.259 e. The van der Waals surface area contributed by atoms with Gasteiger partial charge in [0.05, 0.1) is 11.3 Å². The fraction of sp³-hybridized carbons (Fsp3) is 0.455. The number of anilines is 1. The van der Waals surface area contributed by atoms with Crippen molar-refractivity contribution in [2.75, 3.05) is 18.4 Å². The molecule has 1 saturated carbocycles. The number of hydrogen-bond donors (Lipinski definition) is 1. The van der Waals surface area contributed by atoms with Crippen molar-refractivity contribution >= 4 is 29.1 Å². The maximum Gasteiger partial charge on any atom is 0.259 e. The van der Waals surface area contributed by atoms with E-state index in [0.717, 1.165) is 38.6 Å². The third-order valence-corrected chi connectivity index (χ3v) is 6.17. The molecule has 7 heteroatoms. The molecule has 1 aliphatic heterocycles. The number of aryl methyl sites for hydroxylation is 1. The van der Waals surface area contributed by atoms with E-state index >= 15 is 0 Å². The summed E-state index contributed by atoms with van der Waals surface area (Å²) in [6, 6.07) is 6.95. The van der Waals surface area contributed by atoms with E-state index in [1.165, 1.54) is 0 Å². The Morgan fingerprint density at radius 3 is 2.55 bits per heavy atom. The van der Waals surface area contributed by atoms with Gasteiger partial charge in [-0.3, -0.25) is 9.59 Å². The summed E-state index contributed by atoms with van der Waals surface area (Å²) < 4.78 is 0. The lowest BCUT2D eigenvalue weighted by atomic mass is 10.1. The SMILES string of the molecule is Cc1nc([C@H]2CCN(C(=O)C3CCCC3)C2)ncc1C(=O)Nc1ccc(Cl)cc1. The number of nitrogens with zero attached hydrogens (tertiary/aromatic N) is 3. The molecule has 1 aromatic carbocycles. The maximum absolute atomic E-state index is 12.7. The van der Waals surface area contributed by atoms with Crippen LogP contribution in [0.25, 0.3) is 0 Å². The highest BCUT2D eigenvalue weighted by Crippen LogP contribution is 2.31. The molecule has 1 saturated heterocycles. The third kappa shape index (κ3) is 4.42. The Morgan fingerprint density at radius 2 is 1.86 bits per heavy atom. The topological polar surface area (TPSA) is 75.2 Å². The summed E-state index contributed by atoms with van der Waals surface area (Å²) >= 11 is 5.88. The first kappa shape index (κ1) is 19.8. The second kappa shape index (κ2) is 8.49. The van der Waals surface area contributed by atoms with Gasteiger partial charge in [-0.2, -0.15) is 0 Å². The molecule has 0 spiro atoms. The molecule has 1 N–H and O–H groups in total. The van der Waals surface area contributed by atoms with Gasteiger partial charge in [0.1, 0.15) is 5.82 Å². The summed E-state index contributed by atoms with van der Waals surface area (Å²) in [7, 11) is 0. The number of carbonyl (C=O) groups is 2. The zero-order chi connectivity index (χ0) is 20.4. The molecule has 0 radical (unpaired) electrons. The van der Waals surface area contributed by atoms with Crippen molar-refractivity contribution < 1.29 is 9.59 Å². The van der Waals surface area contributed by atoms with Gasteiger partial charge in [0.25, 0.3) is 5.91 Å². The number of rotatable bonds is 4. The van der Waals surface area contributed by atoms with Crippen LogP contribution < -0.4 is 5.32 Å². The van der Waals surface area contributed by atoms with Gasteiger partial charge in [-0.25, -0.2) is 9.97 Å². The Balaban J connectivity index is 1.41. The first-order valence-electron chi connectivity index (χ1n) is 10.2. The molecule has 152 valence electrons. The number of hydrogen-bond acceptors (Lipinski definition) is 4. The molecule has 2 heterocycles. The predicted molar refractivity (Wildman–Crippen MR) is 112 cm³/mol. The highest BCUT2D eigenvalue weighted by atomic mass is 35.5. The van der Waals surface area contributed by atoms with E-state index in [4.69, 9.17) is 11.6 Å². The molecule has 1 aromatic heterocycles. The zero-order valence-electron chi connectivity index (χ0n) is 16.5. The first-order chi connectivity index (χ1) is 14.0. The molecule has 2 fully saturated rings. The number of likely N-dealkylation sites (tertiary alicyclic amines) is 1. The highest BCUT2D eigenvalue weighted by molar-refractivity contribution is 6.30. The van der Waals surface area contributed by atoms with Crippen molar-refractivity contribution in [2.45, 2.75) is 44.9 Å². The Bertz CT molecular complexity index is 910. The van der Waals surface area contributed by atoms with Gasteiger partial charge in [0.15, 0.2) is 0 Å². The molecule has 2 amide bonds. The van der Waals surface area contributed by atoms with Gasteiger partial charge in [-0.05, 0) is 50.5 Å². The number of nitrogens with one attached hydrogen (secondary N) is 1. The van der Waals surface area contributed by atoms with Crippen molar-refractivity contribution in [2.24, 2.45) is 5.92 Å². The minimum Gasteiger partial charge on any atom is -0.342 e. The molecule has 1 atom stereocenters. The van der Waals surface area contributed by atoms with Gasteiger partial charge in [0.2, 0.25) is 5.91 Å². The molecule has 2 aliphatic rings. The lowest BCUT2D eigenvalue weighted by Gasteiger charge is -2.20. The van der Waals surface area contributed by atoms with Crippen molar-refractivity contribution in [1.29, 1.82) is 0 Å². The number of carbonyl (C=O) groups excluding carboxylic acids is 2. The van der Waals surface area contributed by atoms with E-state index < -0.39 is 0 Å². The maximum atomic E-state index is 12.7. The molecular weight excluding hydrogens is 388 g/mol. The molecule has 4 rings (SSSR count). The standard InChI is InChI=1S/C22H25ClN4O2/c1-14-19(21(28)26-18-8-6-17(23)7-9-18)12-24-20(25-14)16-10-11-27(13-16)22(29)15-4-2-3-5-15/h6-9,12,15-16H,2-5,10-11,13H2,1H3,(H,26,28)/t16-/m0/s1. The largest absolute Gasteiger partial charge is 0.342 e. The van der Waals surface area contributed by atoms with Crippen LogP contribution in [0.3, 0.4) is 0 Å². The Morgan fingerprint density at radius 1 is 1.14 bits per heavy atom. The Hall–Kier alpha value is -2.47.